The third-order valence-corrected chi connectivity index (χ3v) is 3.56. The predicted molar refractivity (Wildman–Crippen MR) is 64.2 cm³/mol. The average Bonchev–Trinajstić information content (AvgIpc) is 2.57. The fourth-order valence-corrected chi connectivity index (χ4v) is 2.33. The van der Waals surface area contributed by atoms with Crippen LogP contribution in [0.2, 0.25) is 0 Å². The smallest absolute Gasteiger partial charge is 0.175 e. The van der Waals surface area contributed by atoms with Gasteiger partial charge in [0.1, 0.15) is 0 Å². The van der Waals surface area contributed by atoms with E-state index in [2.05, 4.69) is 10.3 Å². The number of hydrogen-bond acceptors (Lipinski definition) is 3. The zero-order valence-corrected chi connectivity index (χ0v) is 10.1. The molecular weight excluding hydrogens is 224 g/mol. The molecule has 0 saturated carbocycles. The van der Waals surface area contributed by atoms with E-state index in [9.17, 15) is 8.42 Å². The molecule has 0 unspecified atom stereocenters. The maximum absolute atomic E-state index is 11.4. The van der Waals surface area contributed by atoms with Crippen molar-refractivity contribution in [3.05, 3.63) is 30.0 Å². The van der Waals surface area contributed by atoms with Gasteiger partial charge >= 0.3 is 0 Å². The number of aromatic amines is 1. The second-order valence-electron chi connectivity index (χ2n) is 3.85. The van der Waals surface area contributed by atoms with Crippen LogP contribution in [-0.2, 0) is 16.4 Å². The van der Waals surface area contributed by atoms with Crippen LogP contribution in [-0.4, -0.2) is 26.7 Å². The zero-order chi connectivity index (χ0) is 11.8. The Labute approximate surface area is 94.6 Å². The van der Waals surface area contributed by atoms with Crippen LogP contribution in [0, 0.1) is 0 Å². The minimum absolute atomic E-state index is 0.345. The number of sulfone groups is 1. The van der Waals surface area contributed by atoms with Crippen LogP contribution < -0.4 is 5.32 Å². The zero-order valence-electron chi connectivity index (χ0n) is 9.24. The van der Waals surface area contributed by atoms with E-state index in [0.29, 0.717) is 4.90 Å². The van der Waals surface area contributed by atoms with Gasteiger partial charge in [-0.05, 0) is 30.6 Å². The molecule has 0 aliphatic carbocycles. The highest BCUT2D eigenvalue weighted by molar-refractivity contribution is 7.90. The topological polar surface area (TPSA) is 62.0 Å². The molecule has 2 aromatic rings. The number of aromatic nitrogens is 1. The highest BCUT2D eigenvalue weighted by atomic mass is 32.2. The molecule has 0 aliphatic heterocycles. The Hall–Kier alpha value is -1.33. The van der Waals surface area contributed by atoms with Crippen LogP contribution in [0.5, 0.6) is 0 Å². The van der Waals surface area contributed by atoms with Gasteiger partial charge in [0, 0.05) is 24.0 Å². The SMILES string of the molecule is CNCc1cc2ccc(S(C)(=O)=O)cc2[nH]1. The summed E-state index contributed by atoms with van der Waals surface area (Å²) in [6, 6.07) is 7.14. The fraction of sp³-hybridized carbons (Fsp3) is 0.273. The number of H-pyrrole nitrogens is 1. The van der Waals surface area contributed by atoms with Crippen molar-refractivity contribution < 1.29 is 8.42 Å². The van der Waals surface area contributed by atoms with Crippen LogP contribution in [0.1, 0.15) is 5.69 Å². The molecule has 2 N–H and O–H groups in total. The minimum Gasteiger partial charge on any atom is -0.357 e. The molecule has 5 heteroatoms. The van der Waals surface area contributed by atoms with Gasteiger partial charge in [-0.1, -0.05) is 6.07 Å². The molecule has 0 aliphatic rings. The first kappa shape index (κ1) is 11.2. The van der Waals surface area contributed by atoms with Gasteiger partial charge in [0.05, 0.1) is 4.90 Å². The quantitative estimate of drug-likeness (QED) is 0.847. The summed E-state index contributed by atoms with van der Waals surface area (Å²) in [6.07, 6.45) is 1.21. The molecule has 1 aromatic carbocycles. The summed E-state index contributed by atoms with van der Waals surface area (Å²) < 4.78 is 22.8. The minimum atomic E-state index is -3.13. The van der Waals surface area contributed by atoms with E-state index in [0.717, 1.165) is 23.1 Å². The lowest BCUT2D eigenvalue weighted by Crippen LogP contribution is -2.04. The first-order valence-electron chi connectivity index (χ1n) is 4.97. The van der Waals surface area contributed by atoms with E-state index in [1.54, 1.807) is 12.1 Å². The van der Waals surface area contributed by atoms with Gasteiger partial charge in [-0.15, -0.1) is 0 Å². The van der Waals surface area contributed by atoms with Crippen molar-refractivity contribution >= 4 is 20.7 Å². The molecular formula is C11H14N2O2S. The van der Waals surface area contributed by atoms with Crippen LogP contribution in [0.3, 0.4) is 0 Å². The second-order valence-corrected chi connectivity index (χ2v) is 5.86. The number of rotatable bonds is 3. The summed E-state index contributed by atoms with van der Waals surface area (Å²) in [6.45, 7) is 0.739. The van der Waals surface area contributed by atoms with Gasteiger partial charge in [-0.3, -0.25) is 0 Å². The number of hydrogen-bond donors (Lipinski definition) is 2. The van der Waals surface area contributed by atoms with Gasteiger partial charge in [-0.25, -0.2) is 8.42 Å². The summed E-state index contributed by atoms with van der Waals surface area (Å²) in [7, 11) is -1.26. The average molecular weight is 238 g/mol. The van der Waals surface area contributed by atoms with Crippen molar-refractivity contribution in [3.8, 4) is 0 Å². The van der Waals surface area contributed by atoms with E-state index in [1.807, 2.05) is 19.2 Å². The van der Waals surface area contributed by atoms with Crippen molar-refractivity contribution in [2.45, 2.75) is 11.4 Å². The number of benzene rings is 1. The highest BCUT2D eigenvalue weighted by Gasteiger charge is 2.08. The monoisotopic (exact) mass is 238 g/mol. The molecule has 0 saturated heterocycles. The van der Waals surface area contributed by atoms with E-state index in [4.69, 9.17) is 0 Å². The van der Waals surface area contributed by atoms with Crippen LogP contribution in [0.15, 0.2) is 29.2 Å². The lowest BCUT2D eigenvalue weighted by Gasteiger charge is -1.97. The van der Waals surface area contributed by atoms with Crippen molar-refractivity contribution in [2.24, 2.45) is 0 Å². The molecule has 86 valence electrons. The number of fused-ring (bicyclic) bond motifs is 1. The third kappa shape index (κ3) is 2.10. The van der Waals surface area contributed by atoms with Crippen LogP contribution in [0.25, 0.3) is 10.9 Å². The van der Waals surface area contributed by atoms with E-state index in [1.165, 1.54) is 6.26 Å². The Morgan fingerprint density at radius 3 is 2.69 bits per heavy atom. The van der Waals surface area contributed by atoms with Crippen molar-refractivity contribution in [1.29, 1.82) is 0 Å². The summed E-state index contributed by atoms with van der Waals surface area (Å²) in [5.74, 6) is 0. The Kier molecular flexibility index (Phi) is 2.73. The maximum Gasteiger partial charge on any atom is 0.175 e. The van der Waals surface area contributed by atoms with E-state index in [-0.39, 0.29) is 0 Å². The molecule has 0 fully saturated rings. The van der Waals surface area contributed by atoms with Gasteiger partial charge in [0.15, 0.2) is 9.84 Å². The molecule has 0 bridgehead atoms. The summed E-state index contributed by atoms with van der Waals surface area (Å²) in [4.78, 5) is 3.53. The fourth-order valence-electron chi connectivity index (χ4n) is 1.68. The van der Waals surface area contributed by atoms with E-state index < -0.39 is 9.84 Å². The standard InChI is InChI=1S/C11H14N2O2S/c1-12-7-9-5-8-3-4-10(16(2,14)15)6-11(8)13-9/h3-6,12-13H,7H2,1-2H3. The highest BCUT2D eigenvalue weighted by Crippen LogP contribution is 2.19. The van der Waals surface area contributed by atoms with E-state index >= 15 is 0 Å². The van der Waals surface area contributed by atoms with Gasteiger partial charge < -0.3 is 10.3 Å². The predicted octanol–water partition coefficient (Wildman–Crippen LogP) is 1.29. The number of nitrogens with one attached hydrogen (secondary N) is 2. The van der Waals surface area contributed by atoms with Crippen molar-refractivity contribution in [1.82, 2.24) is 10.3 Å². The molecule has 1 heterocycles. The van der Waals surface area contributed by atoms with Gasteiger partial charge in [0.2, 0.25) is 0 Å². The Morgan fingerprint density at radius 1 is 1.31 bits per heavy atom. The Balaban J connectivity index is 2.54. The van der Waals surface area contributed by atoms with Crippen LogP contribution in [0.4, 0.5) is 0 Å². The molecule has 0 radical (unpaired) electrons. The molecule has 1 aromatic heterocycles. The maximum atomic E-state index is 11.4. The summed E-state index contributed by atoms with van der Waals surface area (Å²) in [5.41, 5.74) is 1.90. The first-order valence-corrected chi connectivity index (χ1v) is 6.86. The lowest BCUT2D eigenvalue weighted by molar-refractivity contribution is 0.602. The molecule has 0 spiro atoms. The van der Waals surface area contributed by atoms with Gasteiger partial charge in [-0.2, -0.15) is 0 Å². The molecule has 0 atom stereocenters. The van der Waals surface area contributed by atoms with Crippen molar-refractivity contribution in [2.75, 3.05) is 13.3 Å². The Morgan fingerprint density at radius 2 is 2.06 bits per heavy atom. The Bertz CT molecular complexity index is 614. The molecule has 16 heavy (non-hydrogen) atoms. The third-order valence-electron chi connectivity index (χ3n) is 2.45. The first-order chi connectivity index (χ1) is 7.50. The molecule has 0 amide bonds. The lowest BCUT2D eigenvalue weighted by atomic mass is 10.2. The molecule has 2 rings (SSSR count). The van der Waals surface area contributed by atoms with Crippen molar-refractivity contribution in [3.63, 3.8) is 0 Å². The van der Waals surface area contributed by atoms with Gasteiger partial charge in [0.25, 0.3) is 0 Å². The normalized spacial score (nSPS) is 12.1. The van der Waals surface area contributed by atoms with Crippen LogP contribution >= 0.6 is 0 Å². The molecule has 4 nitrogen and oxygen atoms in total. The second kappa shape index (κ2) is 3.92. The summed E-state index contributed by atoms with van der Waals surface area (Å²) >= 11 is 0. The largest absolute Gasteiger partial charge is 0.357 e. The summed E-state index contributed by atoms with van der Waals surface area (Å²) in [5, 5.41) is 4.07.